The Hall–Kier alpha value is -1.75. The Morgan fingerprint density at radius 3 is 3.19 bits per heavy atom. The van der Waals surface area contributed by atoms with Gasteiger partial charge in [0.25, 0.3) is 0 Å². The highest BCUT2D eigenvalue weighted by atomic mass is 35.5. The molecule has 6 heteroatoms. The third kappa shape index (κ3) is 2.43. The van der Waals surface area contributed by atoms with Gasteiger partial charge in [0.2, 0.25) is 0 Å². The van der Waals surface area contributed by atoms with E-state index in [1.165, 1.54) is 0 Å². The molecule has 1 amide bonds. The van der Waals surface area contributed by atoms with Crippen molar-refractivity contribution >= 4 is 35.2 Å². The van der Waals surface area contributed by atoms with Crippen LogP contribution in [0.2, 0.25) is 0 Å². The van der Waals surface area contributed by atoms with Crippen LogP contribution in [-0.4, -0.2) is 22.7 Å². The van der Waals surface area contributed by atoms with Gasteiger partial charge in [-0.15, -0.1) is 12.4 Å². The molecule has 0 aromatic carbocycles. The zero-order chi connectivity index (χ0) is 10.7. The Kier molecular flexibility index (Phi) is 4.13. The molecule has 5 nitrogen and oxygen atoms in total. The average molecular weight is 242 g/mol. The quantitative estimate of drug-likeness (QED) is 0.849. The molecule has 0 saturated heterocycles. The third-order valence-corrected chi connectivity index (χ3v) is 1.96. The average Bonchev–Trinajstić information content (AvgIpc) is 2.62. The zero-order valence-electron chi connectivity index (χ0n) is 8.69. The van der Waals surface area contributed by atoms with Crippen LogP contribution in [0.25, 0.3) is 11.0 Å². The first-order valence-electron chi connectivity index (χ1n) is 4.67. The molecule has 0 fully saturated rings. The molecular weight excluding hydrogens is 230 g/mol. The number of anilines is 1. The number of aromatic amines is 1. The molecule has 0 spiro atoms. The summed E-state index contributed by atoms with van der Waals surface area (Å²) in [5, 5.41) is 3.50. The van der Waals surface area contributed by atoms with Gasteiger partial charge in [-0.1, -0.05) is 0 Å². The fraction of sp³-hybridized carbons (Fsp3) is 0.200. The molecule has 0 radical (unpaired) electrons. The van der Waals surface area contributed by atoms with Gasteiger partial charge in [-0.05, 0) is 19.1 Å². The van der Waals surface area contributed by atoms with Crippen LogP contribution in [-0.2, 0) is 4.74 Å². The van der Waals surface area contributed by atoms with Crippen molar-refractivity contribution in [3.05, 3.63) is 24.5 Å². The summed E-state index contributed by atoms with van der Waals surface area (Å²) in [6.45, 7) is 2.11. The van der Waals surface area contributed by atoms with Gasteiger partial charge < -0.3 is 9.72 Å². The lowest BCUT2D eigenvalue weighted by Crippen LogP contribution is -2.12. The second-order valence-electron chi connectivity index (χ2n) is 2.95. The topological polar surface area (TPSA) is 67.0 Å². The third-order valence-electron chi connectivity index (χ3n) is 1.96. The summed E-state index contributed by atoms with van der Waals surface area (Å²) in [6.07, 6.45) is 2.92. The minimum absolute atomic E-state index is 0. The molecule has 0 aliphatic carbocycles. The molecule has 2 heterocycles. The maximum absolute atomic E-state index is 11.2. The first-order valence-corrected chi connectivity index (χ1v) is 4.67. The van der Waals surface area contributed by atoms with Gasteiger partial charge in [0.05, 0.1) is 12.3 Å². The Bertz CT molecular complexity index is 484. The monoisotopic (exact) mass is 241 g/mol. The summed E-state index contributed by atoms with van der Waals surface area (Å²) >= 11 is 0. The number of hydrogen-bond acceptors (Lipinski definition) is 3. The van der Waals surface area contributed by atoms with E-state index in [4.69, 9.17) is 4.74 Å². The number of pyridine rings is 1. The van der Waals surface area contributed by atoms with Crippen molar-refractivity contribution in [2.75, 3.05) is 11.9 Å². The van der Waals surface area contributed by atoms with E-state index in [0.29, 0.717) is 12.3 Å². The lowest BCUT2D eigenvalue weighted by Gasteiger charge is -2.02. The Labute approximate surface area is 98.6 Å². The minimum Gasteiger partial charge on any atom is -0.450 e. The lowest BCUT2D eigenvalue weighted by atomic mass is 10.3. The van der Waals surface area contributed by atoms with E-state index in [0.717, 1.165) is 11.0 Å². The Morgan fingerprint density at radius 2 is 2.44 bits per heavy atom. The standard InChI is InChI=1S/C10H11N3O2.ClH/c1-2-15-10(14)13-8-6-12-9-7(8)4-3-5-11-9;/h3-6H,2H2,1H3,(H,11,12)(H,13,14);1H. The molecule has 0 bridgehead atoms. The summed E-state index contributed by atoms with van der Waals surface area (Å²) in [6, 6.07) is 3.69. The summed E-state index contributed by atoms with van der Waals surface area (Å²) in [7, 11) is 0. The van der Waals surface area contributed by atoms with E-state index in [9.17, 15) is 4.79 Å². The first kappa shape index (κ1) is 12.3. The molecule has 0 aliphatic rings. The van der Waals surface area contributed by atoms with Crippen molar-refractivity contribution in [1.82, 2.24) is 9.97 Å². The summed E-state index contributed by atoms with van der Waals surface area (Å²) < 4.78 is 4.78. The fourth-order valence-electron chi connectivity index (χ4n) is 1.34. The number of carbonyl (C=O) groups excluding carboxylic acids is 1. The van der Waals surface area contributed by atoms with Gasteiger partial charge in [0.1, 0.15) is 5.65 Å². The highest BCUT2D eigenvalue weighted by Gasteiger charge is 2.07. The van der Waals surface area contributed by atoms with E-state index in [1.807, 2.05) is 12.1 Å². The van der Waals surface area contributed by atoms with Gasteiger partial charge in [-0.3, -0.25) is 5.32 Å². The first-order chi connectivity index (χ1) is 7.31. The zero-order valence-corrected chi connectivity index (χ0v) is 9.50. The number of nitrogens with zero attached hydrogens (tertiary/aromatic N) is 1. The minimum atomic E-state index is -0.456. The predicted octanol–water partition coefficient (Wildman–Crippen LogP) is 2.55. The van der Waals surface area contributed by atoms with Crippen LogP contribution in [0.1, 0.15) is 6.92 Å². The van der Waals surface area contributed by atoms with E-state index < -0.39 is 6.09 Å². The number of halogens is 1. The van der Waals surface area contributed by atoms with Crippen molar-refractivity contribution in [2.24, 2.45) is 0 Å². The molecular formula is C10H12ClN3O2. The smallest absolute Gasteiger partial charge is 0.411 e. The number of hydrogen-bond donors (Lipinski definition) is 2. The van der Waals surface area contributed by atoms with Crippen LogP contribution < -0.4 is 5.32 Å². The second kappa shape index (κ2) is 5.37. The van der Waals surface area contributed by atoms with Crippen molar-refractivity contribution in [2.45, 2.75) is 6.92 Å². The van der Waals surface area contributed by atoms with Crippen molar-refractivity contribution < 1.29 is 9.53 Å². The van der Waals surface area contributed by atoms with Gasteiger partial charge in [0.15, 0.2) is 0 Å². The van der Waals surface area contributed by atoms with Crippen LogP contribution in [0, 0.1) is 0 Å². The fourth-order valence-corrected chi connectivity index (χ4v) is 1.34. The molecule has 0 saturated carbocycles. The number of carbonyl (C=O) groups is 1. The lowest BCUT2D eigenvalue weighted by molar-refractivity contribution is 0.168. The number of nitrogens with one attached hydrogen (secondary N) is 2. The summed E-state index contributed by atoms with van der Waals surface area (Å²) in [5.74, 6) is 0. The van der Waals surface area contributed by atoms with Crippen LogP contribution in [0.15, 0.2) is 24.5 Å². The Balaban J connectivity index is 0.00000128. The van der Waals surface area contributed by atoms with E-state index in [1.54, 1.807) is 19.3 Å². The predicted molar refractivity (Wildman–Crippen MR) is 64.0 cm³/mol. The molecule has 0 unspecified atom stereocenters. The van der Waals surface area contributed by atoms with Crippen molar-refractivity contribution in [3.8, 4) is 0 Å². The van der Waals surface area contributed by atoms with Gasteiger partial charge in [-0.2, -0.15) is 0 Å². The Morgan fingerprint density at radius 1 is 1.62 bits per heavy atom. The molecule has 86 valence electrons. The number of aromatic nitrogens is 2. The largest absolute Gasteiger partial charge is 0.450 e. The molecule has 2 aromatic heterocycles. The highest BCUT2D eigenvalue weighted by Crippen LogP contribution is 2.20. The van der Waals surface area contributed by atoms with E-state index in [-0.39, 0.29) is 12.4 Å². The van der Waals surface area contributed by atoms with Crippen LogP contribution in [0.4, 0.5) is 10.5 Å². The summed E-state index contributed by atoms with van der Waals surface area (Å²) in [4.78, 5) is 18.2. The highest BCUT2D eigenvalue weighted by molar-refractivity contribution is 5.97. The number of amides is 1. The van der Waals surface area contributed by atoms with Crippen LogP contribution in [0.5, 0.6) is 0 Å². The van der Waals surface area contributed by atoms with Crippen molar-refractivity contribution in [3.63, 3.8) is 0 Å². The number of fused-ring (bicyclic) bond motifs is 1. The molecule has 2 N–H and O–H groups in total. The normalized spacial score (nSPS) is 9.56. The number of ether oxygens (including phenoxy) is 1. The molecule has 0 atom stereocenters. The molecule has 2 aromatic rings. The van der Waals surface area contributed by atoms with Gasteiger partial charge in [-0.25, -0.2) is 9.78 Å². The van der Waals surface area contributed by atoms with Crippen molar-refractivity contribution in [1.29, 1.82) is 0 Å². The summed E-state index contributed by atoms with van der Waals surface area (Å²) in [5.41, 5.74) is 1.42. The van der Waals surface area contributed by atoms with Gasteiger partial charge >= 0.3 is 6.09 Å². The number of H-pyrrole nitrogens is 1. The molecule has 2 rings (SSSR count). The van der Waals surface area contributed by atoms with Crippen LogP contribution >= 0.6 is 12.4 Å². The van der Waals surface area contributed by atoms with Gasteiger partial charge in [0, 0.05) is 17.8 Å². The molecule has 0 aliphatic heterocycles. The molecule has 16 heavy (non-hydrogen) atoms. The maximum Gasteiger partial charge on any atom is 0.411 e. The van der Waals surface area contributed by atoms with Crippen LogP contribution in [0.3, 0.4) is 0 Å². The number of rotatable bonds is 2. The second-order valence-corrected chi connectivity index (χ2v) is 2.95. The SMILES string of the molecule is CCOC(=O)Nc1c[nH]c2ncccc12.Cl. The van der Waals surface area contributed by atoms with E-state index >= 15 is 0 Å². The van der Waals surface area contributed by atoms with E-state index in [2.05, 4.69) is 15.3 Å². The maximum atomic E-state index is 11.2.